The Bertz CT molecular complexity index is 1210. The topological polar surface area (TPSA) is 72.9 Å². The molecule has 0 amide bonds. The van der Waals surface area contributed by atoms with Crippen LogP contribution in [-0.2, 0) is 6.54 Å². The number of carboxylic acids is 1. The molecule has 29 heavy (non-hydrogen) atoms. The number of hydrogen-bond donors (Lipinski definition) is 1. The highest BCUT2D eigenvalue weighted by Gasteiger charge is 2.19. The molecule has 8 heteroatoms. The van der Waals surface area contributed by atoms with Gasteiger partial charge in [0.05, 0.1) is 17.4 Å². The fraction of sp³-hybridized carbons (Fsp3) is 0.190. The molecule has 1 N–H and O–H groups in total. The molecule has 0 atom stereocenters. The third kappa shape index (κ3) is 3.75. The summed E-state index contributed by atoms with van der Waals surface area (Å²) in [7, 11) is 0. The van der Waals surface area contributed by atoms with Crippen LogP contribution in [0, 0.1) is 6.92 Å². The van der Waals surface area contributed by atoms with Crippen molar-refractivity contribution in [1.82, 2.24) is 19.3 Å². The highest BCUT2D eigenvalue weighted by molar-refractivity contribution is 7.99. The Kier molecular flexibility index (Phi) is 5.34. The number of aromatic carboxylic acids is 1. The Morgan fingerprint density at radius 3 is 2.86 bits per heavy atom. The third-order valence-corrected chi connectivity index (χ3v) is 5.98. The maximum absolute atomic E-state index is 11.3. The summed E-state index contributed by atoms with van der Waals surface area (Å²) in [4.78, 5) is 16.5. The van der Waals surface area contributed by atoms with E-state index in [1.54, 1.807) is 6.07 Å². The lowest BCUT2D eigenvalue weighted by molar-refractivity contribution is 0.0689. The Morgan fingerprint density at radius 1 is 1.28 bits per heavy atom. The molecular formula is C21H19ClN4O2S. The molecule has 0 unspecified atom stereocenters. The fourth-order valence-corrected chi connectivity index (χ4v) is 4.52. The first kappa shape index (κ1) is 19.5. The molecule has 148 valence electrons. The van der Waals surface area contributed by atoms with E-state index in [4.69, 9.17) is 11.6 Å². The van der Waals surface area contributed by atoms with Crippen molar-refractivity contribution in [3.05, 3.63) is 65.2 Å². The van der Waals surface area contributed by atoms with Crippen molar-refractivity contribution in [2.24, 2.45) is 0 Å². The lowest BCUT2D eigenvalue weighted by atomic mass is 10.2. The zero-order valence-electron chi connectivity index (χ0n) is 16.0. The van der Waals surface area contributed by atoms with Crippen LogP contribution in [0.2, 0.25) is 5.02 Å². The highest BCUT2D eigenvalue weighted by atomic mass is 35.5. The molecule has 0 aliphatic heterocycles. The number of aryl methyl sites for hydroxylation is 1. The van der Waals surface area contributed by atoms with E-state index in [9.17, 15) is 9.90 Å². The smallest absolute Gasteiger partial charge is 0.354 e. The SMILES string of the molecule is CCCn1cc(-n2c(C)c(Sc3cccc(C(=O)O)n3)c3ccc(Cl)cc32)cn1. The molecule has 0 saturated heterocycles. The summed E-state index contributed by atoms with van der Waals surface area (Å²) in [5, 5.41) is 16.0. The molecule has 4 rings (SSSR count). The van der Waals surface area contributed by atoms with Gasteiger partial charge in [0.2, 0.25) is 0 Å². The number of carboxylic acid groups (broad SMARTS) is 1. The van der Waals surface area contributed by atoms with Gasteiger partial charge in [-0.25, -0.2) is 9.78 Å². The normalized spacial score (nSPS) is 11.3. The lowest BCUT2D eigenvalue weighted by Crippen LogP contribution is -2.00. The van der Waals surface area contributed by atoms with Crippen LogP contribution in [0.25, 0.3) is 16.6 Å². The van der Waals surface area contributed by atoms with Crippen molar-refractivity contribution in [2.75, 3.05) is 0 Å². The van der Waals surface area contributed by atoms with Crippen LogP contribution >= 0.6 is 23.4 Å². The Hall–Kier alpha value is -2.77. The van der Waals surface area contributed by atoms with Gasteiger partial charge in [-0.1, -0.05) is 42.4 Å². The van der Waals surface area contributed by atoms with Crippen molar-refractivity contribution in [1.29, 1.82) is 0 Å². The number of aromatic nitrogens is 4. The number of nitrogens with zero attached hydrogens (tertiary/aromatic N) is 4. The predicted octanol–water partition coefficient (Wildman–Crippen LogP) is 5.44. The van der Waals surface area contributed by atoms with Gasteiger partial charge in [0.25, 0.3) is 0 Å². The molecule has 1 aromatic carbocycles. The molecule has 3 heterocycles. The average molecular weight is 427 g/mol. The average Bonchev–Trinajstić information content (AvgIpc) is 3.25. The van der Waals surface area contributed by atoms with Gasteiger partial charge >= 0.3 is 5.97 Å². The zero-order valence-corrected chi connectivity index (χ0v) is 17.5. The van der Waals surface area contributed by atoms with E-state index >= 15 is 0 Å². The molecule has 0 fully saturated rings. The summed E-state index contributed by atoms with van der Waals surface area (Å²) in [6.07, 6.45) is 4.88. The zero-order chi connectivity index (χ0) is 20.5. The maximum atomic E-state index is 11.3. The summed E-state index contributed by atoms with van der Waals surface area (Å²) in [6, 6.07) is 10.8. The first-order chi connectivity index (χ1) is 14.0. The number of hydrogen-bond acceptors (Lipinski definition) is 4. The van der Waals surface area contributed by atoms with Gasteiger partial charge in [-0.05, 0) is 37.6 Å². The van der Waals surface area contributed by atoms with Gasteiger partial charge in [0.15, 0.2) is 0 Å². The molecule has 0 aliphatic carbocycles. The molecule has 0 spiro atoms. The minimum absolute atomic E-state index is 0.0280. The number of benzene rings is 1. The summed E-state index contributed by atoms with van der Waals surface area (Å²) in [5.74, 6) is -1.04. The predicted molar refractivity (Wildman–Crippen MR) is 114 cm³/mol. The number of fused-ring (bicyclic) bond motifs is 1. The molecule has 0 radical (unpaired) electrons. The van der Waals surface area contributed by atoms with E-state index in [2.05, 4.69) is 21.6 Å². The van der Waals surface area contributed by atoms with E-state index in [1.807, 2.05) is 48.3 Å². The molecule has 6 nitrogen and oxygen atoms in total. The first-order valence-corrected chi connectivity index (χ1v) is 10.4. The van der Waals surface area contributed by atoms with Gasteiger partial charge in [0.1, 0.15) is 10.7 Å². The van der Waals surface area contributed by atoms with Crippen molar-refractivity contribution in [2.45, 2.75) is 36.7 Å². The summed E-state index contributed by atoms with van der Waals surface area (Å²) in [5.41, 5.74) is 2.98. The van der Waals surface area contributed by atoms with Gasteiger partial charge in [0, 0.05) is 33.7 Å². The van der Waals surface area contributed by atoms with Crippen molar-refractivity contribution in [3.63, 3.8) is 0 Å². The summed E-state index contributed by atoms with van der Waals surface area (Å²) in [6.45, 7) is 5.01. The van der Waals surface area contributed by atoms with Gasteiger partial charge in [-0.3, -0.25) is 4.68 Å². The third-order valence-electron chi connectivity index (χ3n) is 4.59. The van der Waals surface area contributed by atoms with Crippen LogP contribution in [-0.4, -0.2) is 30.4 Å². The van der Waals surface area contributed by atoms with Gasteiger partial charge in [-0.15, -0.1) is 0 Å². The quantitative estimate of drug-likeness (QED) is 0.444. The minimum Gasteiger partial charge on any atom is -0.477 e. The van der Waals surface area contributed by atoms with E-state index in [0.717, 1.165) is 40.1 Å². The second kappa shape index (κ2) is 7.93. The summed E-state index contributed by atoms with van der Waals surface area (Å²) < 4.78 is 4.06. The van der Waals surface area contributed by atoms with E-state index in [0.29, 0.717) is 10.0 Å². The standard InChI is InChI=1S/C21H19ClN4O2S/c1-3-9-25-12-15(11-23-25)26-13(2)20(16-8-7-14(22)10-18(16)26)29-19-6-4-5-17(24-19)21(27)28/h4-8,10-12H,3,9H2,1-2H3,(H,27,28). The van der Waals surface area contributed by atoms with E-state index in [-0.39, 0.29) is 5.69 Å². The van der Waals surface area contributed by atoms with Crippen molar-refractivity contribution >= 4 is 40.2 Å². The summed E-state index contributed by atoms with van der Waals surface area (Å²) >= 11 is 7.74. The molecule has 0 aliphatic rings. The Labute approximate surface area is 177 Å². The number of carbonyl (C=O) groups is 1. The van der Waals surface area contributed by atoms with Crippen LogP contribution in [0.15, 0.2) is 58.7 Å². The van der Waals surface area contributed by atoms with E-state index in [1.165, 1.54) is 17.8 Å². The number of pyridine rings is 1. The van der Waals surface area contributed by atoms with Crippen LogP contribution in [0.5, 0.6) is 0 Å². The van der Waals surface area contributed by atoms with Crippen LogP contribution < -0.4 is 0 Å². The van der Waals surface area contributed by atoms with Crippen LogP contribution in [0.3, 0.4) is 0 Å². The van der Waals surface area contributed by atoms with Gasteiger partial charge < -0.3 is 9.67 Å². The van der Waals surface area contributed by atoms with Crippen molar-refractivity contribution < 1.29 is 9.90 Å². The minimum atomic E-state index is -1.04. The fourth-order valence-electron chi connectivity index (χ4n) is 3.34. The molecule has 4 aromatic rings. The molecular weight excluding hydrogens is 408 g/mol. The molecule has 0 bridgehead atoms. The van der Waals surface area contributed by atoms with Crippen molar-refractivity contribution in [3.8, 4) is 5.69 Å². The van der Waals surface area contributed by atoms with Gasteiger partial charge in [-0.2, -0.15) is 5.10 Å². The first-order valence-electron chi connectivity index (χ1n) is 9.19. The lowest BCUT2D eigenvalue weighted by Gasteiger charge is -2.06. The second-order valence-corrected chi connectivity index (χ2v) is 8.11. The highest BCUT2D eigenvalue weighted by Crippen LogP contribution is 2.39. The largest absolute Gasteiger partial charge is 0.477 e. The molecule has 3 aromatic heterocycles. The van der Waals surface area contributed by atoms with E-state index < -0.39 is 5.97 Å². The second-order valence-electron chi connectivity index (χ2n) is 6.64. The van der Waals surface area contributed by atoms with Crippen LogP contribution in [0.4, 0.5) is 0 Å². The number of rotatable bonds is 6. The van der Waals surface area contributed by atoms with Crippen LogP contribution in [0.1, 0.15) is 29.5 Å². The Morgan fingerprint density at radius 2 is 2.10 bits per heavy atom. The number of halogens is 1. The Balaban J connectivity index is 1.85. The molecule has 0 saturated carbocycles. The maximum Gasteiger partial charge on any atom is 0.354 e. The monoisotopic (exact) mass is 426 g/mol.